The van der Waals surface area contributed by atoms with E-state index < -0.39 is 0 Å². The minimum absolute atomic E-state index is 0. The van der Waals surface area contributed by atoms with E-state index in [9.17, 15) is 0 Å². The lowest BCUT2D eigenvalue weighted by atomic mass is 9.78. The summed E-state index contributed by atoms with van der Waals surface area (Å²) in [6.07, 6.45) is 2.65. The molecule has 17 heavy (non-hydrogen) atoms. The summed E-state index contributed by atoms with van der Waals surface area (Å²) in [5, 5.41) is 9.08. The van der Waals surface area contributed by atoms with E-state index in [2.05, 4.69) is 29.2 Å². The van der Waals surface area contributed by atoms with Crippen LogP contribution < -0.4 is 0 Å². The Morgan fingerprint density at radius 3 is 2.06 bits per heavy atom. The van der Waals surface area contributed by atoms with Crippen LogP contribution in [0.3, 0.4) is 0 Å². The Labute approximate surface area is 109 Å². The van der Waals surface area contributed by atoms with Gasteiger partial charge in [-0.2, -0.15) is 0 Å². The molecule has 94 valence electrons. The van der Waals surface area contributed by atoms with Gasteiger partial charge in [0.15, 0.2) is 0 Å². The SMILES string of the molecule is Cl.OCCN1CC2CCC(C1)c1ccccc12. The van der Waals surface area contributed by atoms with Gasteiger partial charge in [-0.25, -0.2) is 0 Å². The minimum Gasteiger partial charge on any atom is -0.395 e. The van der Waals surface area contributed by atoms with Gasteiger partial charge in [0.2, 0.25) is 0 Å². The highest BCUT2D eigenvalue weighted by atomic mass is 35.5. The van der Waals surface area contributed by atoms with Crippen molar-refractivity contribution < 1.29 is 5.11 Å². The number of aliphatic hydroxyl groups is 1. The van der Waals surface area contributed by atoms with Crippen molar-refractivity contribution in [3.05, 3.63) is 35.4 Å². The van der Waals surface area contributed by atoms with Crippen LogP contribution in [-0.4, -0.2) is 36.2 Å². The zero-order valence-electron chi connectivity index (χ0n) is 10.0. The molecule has 3 heteroatoms. The molecule has 0 spiro atoms. The van der Waals surface area contributed by atoms with Crippen molar-refractivity contribution in [2.24, 2.45) is 0 Å². The van der Waals surface area contributed by atoms with E-state index in [0.717, 1.165) is 19.6 Å². The molecule has 1 aliphatic carbocycles. The largest absolute Gasteiger partial charge is 0.395 e. The highest BCUT2D eigenvalue weighted by molar-refractivity contribution is 5.85. The third-order valence-corrected chi connectivity index (χ3v) is 4.11. The highest BCUT2D eigenvalue weighted by Gasteiger charge is 2.33. The Morgan fingerprint density at radius 1 is 1.06 bits per heavy atom. The van der Waals surface area contributed by atoms with E-state index in [1.54, 1.807) is 11.1 Å². The number of rotatable bonds is 2. The molecule has 4 rings (SSSR count). The number of hydrogen-bond acceptors (Lipinski definition) is 2. The van der Waals surface area contributed by atoms with Gasteiger partial charge >= 0.3 is 0 Å². The summed E-state index contributed by atoms with van der Waals surface area (Å²) in [6.45, 7) is 3.39. The van der Waals surface area contributed by atoms with Crippen molar-refractivity contribution in [1.29, 1.82) is 0 Å². The summed E-state index contributed by atoms with van der Waals surface area (Å²) < 4.78 is 0. The molecule has 1 aromatic carbocycles. The molecule has 2 bridgehead atoms. The van der Waals surface area contributed by atoms with Gasteiger partial charge in [0.1, 0.15) is 0 Å². The predicted molar refractivity (Wildman–Crippen MR) is 71.9 cm³/mol. The number of fused-ring (bicyclic) bond motifs is 3. The second kappa shape index (κ2) is 5.38. The van der Waals surface area contributed by atoms with E-state index >= 15 is 0 Å². The van der Waals surface area contributed by atoms with Crippen LogP contribution >= 0.6 is 12.4 Å². The summed E-state index contributed by atoms with van der Waals surface area (Å²) >= 11 is 0. The smallest absolute Gasteiger partial charge is 0.0558 e. The maximum Gasteiger partial charge on any atom is 0.0558 e. The number of aliphatic hydroxyl groups excluding tert-OH is 1. The van der Waals surface area contributed by atoms with Crippen LogP contribution in [0, 0.1) is 0 Å². The average Bonchev–Trinajstić information content (AvgIpc) is 2.60. The molecule has 0 radical (unpaired) electrons. The van der Waals surface area contributed by atoms with Gasteiger partial charge in [-0.15, -0.1) is 12.4 Å². The van der Waals surface area contributed by atoms with Gasteiger partial charge in [-0.1, -0.05) is 24.3 Å². The topological polar surface area (TPSA) is 23.5 Å². The maximum absolute atomic E-state index is 9.08. The van der Waals surface area contributed by atoms with Gasteiger partial charge < -0.3 is 5.11 Å². The van der Waals surface area contributed by atoms with Gasteiger partial charge in [-0.3, -0.25) is 4.90 Å². The van der Waals surface area contributed by atoms with Gasteiger partial charge in [-0.05, 0) is 35.8 Å². The Hall–Kier alpha value is -0.570. The van der Waals surface area contributed by atoms with Crippen LogP contribution in [0.15, 0.2) is 24.3 Å². The van der Waals surface area contributed by atoms with Gasteiger partial charge in [0.25, 0.3) is 0 Å². The number of benzene rings is 1. The summed E-state index contributed by atoms with van der Waals surface area (Å²) in [4.78, 5) is 2.43. The first kappa shape index (κ1) is 12.9. The van der Waals surface area contributed by atoms with Crippen LogP contribution in [0.1, 0.15) is 35.8 Å². The molecule has 2 nitrogen and oxygen atoms in total. The van der Waals surface area contributed by atoms with Gasteiger partial charge in [0.05, 0.1) is 6.61 Å². The molecule has 0 aromatic heterocycles. The third kappa shape index (κ3) is 2.35. The summed E-state index contributed by atoms with van der Waals surface area (Å²) in [6, 6.07) is 8.93. The highest BCUT2D eigenvalue weighted by Crippen LogP contribution is 2.42. The molecule has 2 heterocycles. The Bertz CT molecular complexity index is 349. The predicted octanol–water partition coefficient (Wildman–Crippen LogP) is 2.38. The van der Waals surface area contributed by atoms with E-state index in [4.69, 9.17) is 5.11 Å². The molecule has 1 saturated heterocycles. The normalized spacial score (nSPS) is 27.1. The standard InChI is InChI=1S/C14H19NO.ClH/c16-8-7-15-9-11-5-6-12(10-15)14-4-2-1-3-13(11)14;/h1-4,11-12,16H,5-10H2;1H. The van der Waals surface area contributed by atoms with Crippen molar-refractivity contribution >= 4 is 12.4 Å². The third-order valence-electron chi connectivity index (χ3n) is 4.11. The van der Waals surface area contributed by atoms with E-state index in [0.29, 0.717) is 11.8 Å². The zero-order chi connectivity index (χ0) is 11.0. The lowest BCUT2D eigenvalue weighted by Crippen LogP contribution is -2.30. The lowest BCUT2D eigenvalue weighted by molar-refractivity contribution is 0.194. The fourth-order valence-electron chi connectivity index (χ4n) is 3.37. The average molecular weight is 254 g/mol. The van der Waals surface area contributed by atoms with E-state index in [1.165, 1.54) is 12.8 Å². The number of hydrogen-bond donors (Lipinski definition) is 1. The molecule has 2 aliphatic heterocycles. The van der Waals surface area contributed by atoms with Crippen LogP contribution in [-0.2, 0) is 0 Å². The molecule has 0 amide bonds. The van der Waals surface area contributed by atoms with Crippen LogP contribution in [0.2, 0.25) is 0 Å². The molecule has 1 fully saturated rings. The Morgan fingerprint density at radius 2 is 1.59 bits per heavy atom. The fraction of sp³-hybridized carbons (Fsp3) is 0.571. The first-order valence-electron chi connectivity index (χ1n) is 6.30. The van der Waals surface area contributed by atoms with Crippen LogP contribution in [0.25, 0.3) is 0 Å². The first-order chi connectivity index (χ1) is 7.88. The zero-order valence-corrected chi connectivity index (χ0v) is 10.8. The second-order valence-electron chi connectivity index (χ2n) is 5.08. The van der Waals surface area contributed by atoms with Crippen LogP contribution in [0.4, 0.5) is 0 Å². The molecule has 2 unspecified atom stereocenters. The summed E-state index contributed by atoms with van der Waals surface area (Å²) in [5.74, 6) is 1.39. The molecular weight excluding hydrogens is 234 g/mol. The van der Waals surface area contributed by atoms with Crippen molar-refractivity contribution in [3.63, 3.8) is 0 Å². The van der Waals surface area contributed by atoms with Crippen molar-refractivity contribution in [2.75, 3.05) is 26.2 Å². The van der Waals surface area contributed by atoms with Gasteiger partial charge in [0, 0.05) is 19.6 Å². The monoisotopic (exact) mass is 253 g/mol. The fourth-order valence-corrected chi connectivity index (χ4v) is 3.37. The number of halogens is 1. The second-order valence-corrected chi connectivity index (χ2v) is 5.08. The quantitative estimate of drug-likeness (QED) is 0.875. The molecule has 3 aliphatic rings. The Balaban J connectivity index is 0.00000108. The lowest BCUT2D eigenvalue weighted by Gasteiger charge is -2.26. The molecule has 0 saturated carbocycles. The Kier molecular flexibility index (Phi) is 4.08. The summed E-state index contributed by atoms with van der Waals surface area (Å²) in [7, 11) is 0. The first-order valence-corrected chi connectivity index (χ1v) is 6.30. The minimum atomic E-state index is 0. The van der Waals surface area contributed by atoms with E-state index in [-0.39, 0.29) is 19.0 Å². The van der Waals surface area contributed by atoms with Crippen molar-refractivity contribution in [3.8, 4) is 0 Å². The molecular formula is C14H20ClNO. The van der Waals surface area contributed by atoms with Crippen LogP contribution in [0.5, 0.6) is 0 Å². The van der Waals surface area contributed by atoms with E-state index in [1.807, 2.05) is 0 Å². The number of nitrogens with zero attached hydrogens (tertiary/aromatic N) is 1. The van der Waals surface area contributed by atoms with Crippen molar-refractivity contribution in [2.45, 2.75) is 24.7 Å². The maximum atomic E-state index is 9.08. The molecule has 1 aromatic rings. The molecule has 1 N–H and O–H groups in total. The summed E-state index contributed by atoms with van der Waals surface area (Å²) in [5.41, 5.74) is 3.14. The van der Waals surface area contributed by atoms with Crippen molar-refractivity contribution in [1.82, 2.24) is 4.90 Å². The molecule has 2 atom stereocenters.